The van der Waals surface area contributed by atoms with Crippen molar-refractivity contribution in [2.45, 2.75) is 33.6 Å². The Bertz CT molecular complexity index is 520. The van der Waals surface area contributed by atoms with E-state index in [1.54, 1.807) is 6.07 Å². The molecule has 0 aliphatic heterocycles. The highest BCUT2D eigenvalue weighted by molar-refractivity contribution is 5.93. The molecule has 1 aromatic rings. The Morgan fingerprint density at radius 2 is 2.05 bits per heavy atom. The maximum Gasteiger partial charge on any atom is 0.328 e. The maximum atomic E-state index is 12.0. The fourth-order valence-electron chi connectivity index (χ4n) is 1.98. The van der Waals surface area contributed by atoms with Gasteiger partial charge in [-0.15, -0.1) is 0 Å². The maximum absolute atomic E-state index is 12.0. The van der Waals surface area contributed by atoms with E-state index < -0.39 is 5.97 Å². The molecule has 108 valence electrons. The molecule has 2 N–H and O–H groups in total. The van der Waals surface area contributed by atoms with Crippen molar-refractivity contribution in [1.29, 1.82) is 0 Å². The van der Waals surface area contributed by atoms with Crippen LogP contribution in [0.4, 0.5) is 5.69 Å². The molecule has 0 radical (unpaired) electrons. The minimum atomic E-state index is -0.992. The van der Waals surface area contributed by atoms with Crippen LogP contribution >= 0.6 is 0 Å². The predicted octanol–water partition coefficient (Wildman–Crippen LogP) is 3.47. The van der Waals surface area contributed by atoms with Crippen LogP contribution in [0.1, 0.15) is 37.8 Å². The van der Waals surface area contributed by atoms with Crippen molar-refractivity contribution >= 4 is 23.6 Å². The summed E-state index contributed by atoms with van der Waals surface area (Å²) in [4.78, 5) is 22.5. The molecular weight excluding hydrogens is 254 g/mol. The molecule has 0 heterocycles. The Morgan fingerprint density at radius 1 is 1.35 bits per heavy atom. The lowest BCUT2D eigenvalue weighted by atomic mass is 10.0. The van der Waals surface area contributed by atoms with Gasteiger partial charge in [0.15, 0.2) is 0 Å². The predicted molar refractivity (Wildman–Crippen MR) is 80.6 cm³/mol. The van der Waals surface area contributed by atoms with E-state index in [1.807, 2.05) is 32.9 Å². The molecule has 20 heavy (non-hydrogen) atoms. The summed E-state index contributed by atoms with van der Waals surface area (Å²) in [5.74, 6) is -1.03. The van der Waals surface area contributed by atoms with Gasteiger partial charge in [0.2, 0.25) is 5.91 Å². The molecule has 0 aromatic heterocycles. The molecule has 0 spiro atoms. The summed E-state index contributed by atoms with van der Waals surface area (Å²) in [6.07, 6.45) is 4.42. The number of aryl methyl sites for hydroxylation is 1. The van der Waals surface area contributed by atoms with Gasteiger partial charge in [0.1, 0.15) is 0 Å². The summed E-state index contributed by atoms with van der Waals surface area (Å²) >= 11 is 0. The van der Waals surface area contributed by atoms with Gasteiger partial charge in [0, 0.05) is 17.7 Å². The van der Waals surface area contributed by atoms with Crippen molar-refractivity contribution in [3.63, 3.8) is 0 Å². The minimum Gasteiger partial charge on any atom is -0.478 e. The summed E-state index contributed by atoms with van der Waals surface area (Å²) in [5.41, 5.74) is 2.42. The van der Waals surface area contributed by atoms with Crippen LogP contribution in [-0.2, 0) is 9.59 Å². The highest BCUT2D eigenvalue weighted by Gasteiger charge is 2.12. The second-order valence-corrected chi connectivity index (χ2v) is 4.98. The summed E-state index contributed by atoms with van der Waals surface area (Å²) in [5, 5.41) is 11.5. The highest BCUT2D eigenvalue weighted by Crippen LogP contribution is 2.17. The first kappa shape index (κ1) is 16.0. The molecule has 4 heteroatoms. The van der Waals surface area contributed by atoms with Crippen molar-refractivity contribution in [2.24, 2.45) is 5.92 Å². The van der Waals surface area contributed by atoms with E-state index in [0.29, 0.717) is 5.69 Å². The second-order valence-electron chi connectivity index (χ2n) is 4.98. The molecule has 0 bridgehead atoms. The number of anilines is 1. The van der Waals surface area contributed by atoms with Crippen molar-refractivity contribution in [3.8, 4) is 0 Å². The molecule has 1 atom stereocenters. The van der Waals surface area contributed by atoms with Crippen molar-refractivity contribution in [3.05, 3.63) is 35.4 Å². The molecular formula is C16H21NO3. The van der Waals surface area contributed by atoms with Gasteiger partial charge in [-0.25, -0.2) is 4.79 Å². The number of carboxylic acids is 1. The van der Waals surface area contributed by atoms with E-state index in [9.17, 15) is 9.59 Å². The number of hydrogen-bond acceptors (Lipinski definition) is 2. The van der Waals surface area contributed by atoms with Crippen LogP contribution in [-0.4, -0.2) is 17.0 Å². The number of carbonyl (C=O) groups excluding carboxylic acids is 1. The molecule has 4 nitrogen and oxygen atoms in total. The highest BCUT2D eigenvalue weighted by atomic mass is 16.4. The third kappa shape index (κ3) is 5.26. The number of carboxylic acid groups (broad SMARTS) is 1. The lowest BCUT2D eigenvalue weighted by Crippen LogP contribution is -2.20. The van der Waals surface area contributed by atoms with E-state index in [1.165, 1.54) is 6.08 Å². The molecule has 1 unspecified atom stereocenters. The average Bonchev–Trinajstić information content (AvgIpc) is 2.36. The minimum absolute atomic E-state index is 0.00869. The Morgan fingerprint density at radius 3 is 2.65 bits per heavy atom. The number of rotatable bonds is 6. The van der Waals surface area contributed by atoms with Crippen LogP contribution in [0.3, 0.4) is 0 Å². The van der Waals surface area contributed by atoms with Gasteiger partial charge in [0.25, 0.3) is 0 Å². The van der Waals surface area contributed by atoms with Gasteiger partial charge in [0.05, 0.1) is 0 Å². The van der Waals surface area contributed by atoms with Gasteiger partial charge in [-0.3, -0.25) is 4.79 Å². The van der Waals surface area contributed by atoms with Gasteiger partial charge >= 0.3 is 5.97 Å². The SMILES string of the molecule is CCCC(C)C(=O)Nc1cc(C)cc(/C=C/C(=O)O)c1. The quantitative estimate of drug-likeness (QED) is 0.781. The van der Waals surface area contributed by atoms with E-state index in [4.69, 9.17) is 5.11 Å². The summed E-state index contributed by atoms with van der Waals surface area (Å²) in [6.45, 7) is 5.86. The standard InChI is InChI=1S/C16H21NO3/c1-4-5-12(3)16(20)17-14-9-11(2)8-13(10-14)6-7-15(18)19/h6-10,12H,4-5H2,1-3H3,(H,17,20)(H,18,19)/b7-6+. The Balaban J connectivity index is 2.85. The molecule has 0 saturated heterocycles. The molecule has 0 saturated carbocycles. The third-order valence-corrected chi connectivity index (χ3v) is 2.95. The summed E-state index contributed by atoms with van der Waals surface area (Å²) in [6, 6.07) is 5.50. The lowest BCUT2D eigenvalue weighted by Gasteiger charge is -2.12. The fourth-order valence-corrected chi connectivity index (χ4v) is 1.98. The Kier molecular flexibility index (Phi) is 5.97. The zero-order valence-electron chi connectivity index (χ0n) is 12.1. The van der Waals surface area contributed by atoms with E-state index in [-0.39, 0.29) is 11.8 Å². The number of benzene rings is 1. The Hall–Kier alpha value is -2.10. The molecule has 0 aliphatic rings. The van der Waals surface area contributed by atoms with E-state index in [2.05, 4.69) is 5.32 Å². The topological polar surface area (TPSA) is 66.4 Å². The second kappa shape index (κ2) is 7.48. The zero-order valence-corrected chi connectivity index (χ0v) is 12.1. The van der Waals surface area contributed by atoms with Crippen LogP contribution < -0.4 is 5.32 Å². The van der Waals surface area contributed by atoms with Crippen molar-refractivity contribution in [2.75, 3.05) is 5.32 Å². The number of aliphatic carboxylic acids is 1. The first-order valence-electron chi connectivity index (χ1n) is 6.76. The van der Waals surface area contributed by atoms with Crippen LogP contribution in [0.2, 0.25) is 0 Å². The summed E-state index contributed by atoms with van der Waals surface area (Å²) < 4.78 is 0. The van der Waals surface area contributed by atoms with Crippen LogP contribution in [0, 0.1) is 12.8 Å². The molecule has 0 fully saturated rings. The molecule has 1 amide bonds. The first-order chi connectivity index (χ1) is 9.42. The van der Waals surface area contributed by atoms with Crippen molar-refractivity contribution < 1.29 is 14.7 Å². The van der Waals surface area contributed by atoms with Crippen LogP contribution in [0.25, 0.3) is 6.08 Å². The van der Waals surface area contributed by atoms with E-state index in [0.717, 1.165) is 30.0 Å². The van der Waals surface area contributed by atoms with Gasteiger partial charge in [-0.2, -0.15) is 0 Å². The normalized spacial score (nSPS) is 12.3. The average molecular weight is 275 g/mol. The van der Waals surface area contributed by atoms with Gasteiger partial charge in [-0.1, -0.05) is 26.3 Å². The summed E-state index contributed by atoms with van der Waals surface area (Å²) in [7, 11) is 0. The molecule has 1 rings (SSSR count). The number of carbonyl (C=O) groups is 2. The van der Waals surface area contributed by atoms with Crippen molar-refractivity contribution in [1.82, 2.24) is 0 Å². The smallest absolute Gasteiger partial charge is 0.328 e. The lowest BCUT2D eigenvalue weighted by molar-refractivity contribution is -0.131. The number of nitrogens with one attached hydrogen (secondary N) is 1. The molecule has 0 aliphatic carbocycles. The third-order valence-electron chi connectivity index (χ3n) is 2.95. The van der Waals surface area contributed by atoms with Crippen LogP contribution in [0.5, 0.6) is 0 Å². The number of hydrogen-bond donors (Lipinski definition) is 2. The largest absolute Gasteiger partial charge is 0.478 e. The van der Waals surface area contributed by atoms with Gasteiger partial charge < -0.3 is 10.4 Å². The molecule has 1 aromatic carbocycles. The van der Waals surface area contributed by atoms with Crippen LogP contribution in [0.15, 0.2) is 24.3 Å². The number of amides is 1. The Labute approximate surface area is 119 Å². The first-order valence-corrected chi connectivity index (χ1v) is 6.76. The van der Waals surface area contributed by atoms with Gasteiger partial charge in [-0.05, 0) is 42.7 Å². The zero-order chi connectivity index (χ0) is 15.1. The van der Waals surface area contributed by atoms with E-state index >= 15 is 0 Å². The fraction of sp³-hybridized carbons (Fsp3) is 0.375. The monoisotopic (exact) mass is 275 g/mol.